The number of hydrogen-bond donors (Lipinski definition) is 3. The molecule has 1 aliphatic rings. The van der Waals surface area contributed by atoms with Gasteiger partial charge in [0.2, 0.25) is 5.91 Å². The number of nitrogens with zero attached hydrogens (tertiary/aromatic N) is 1. The Morgan fingerprint density at radius 2 is 2.37 bits per heavy atom. The van der Waals surface area contributed by atoms with E-state index in [0.29, 0.717) is 0 Å². The minimum atomic E-state index is -0.497. The zero-order chi connectivity index (χ0) is 13.7. The molecular formula is C12H18N4O3. The van der Waals surface area contributed by atoms with Crippen LogP contribution in [0.2, 0.25) is 0 Å². The number of carbonyl (C=O) groups excluding carboxylic acids is 2. The van der Waals surface area contributed by atoms with Gasteiger partial charge >= 0.3 is 5.97 Å². The normalized spacial score (nSPS) is 18.9. The van der Waals surface area contributed by atoms with Gasteiger partial charge in [-0.3, -0.25) is 9.89 Å². The molecule has 1 saturated heterocycles. The zero-order valence-corrected chi connectivity index (χ0v) is 10.9. The Hall–Kier alpha value is -1.89. The number of ether oxygens (including phenoxy) is 1. The van der Waals surface area contributed by atoms with Crippen molar-refractivity contribution in [1.29, 1.82) is 0 Å². The molecule has 1 unspecified atom stereocenters. The van der Waals surface area contributed by atoms with Gasteiger partial charge in [0.25, 0.3) is 0 Å². The first-order valence-electron chi connectivity index (χ1n) is 6.47. The second-order valence-electron chi connectivity index (χ2n) is 4.37. The number of piperidine rings is 1. The van der Waals surface area contributed by atoms with E-state index in [0.717, 1.165) is 25.8 Å². The largest absolute Gasteiger partial charge is 0.462 e. The van der Waals surface area contributed by atoms with Crippen molar-refractivity contribution in [2.24, 2.45) is 0 Å². The van der Waals surface area contributed by atoms with Crippen molar-refractivity contribution < 1.29 is 14.3 Å². The molecule has 7 heteroatoms. The molecule has 104 valence electrons. The van der Waals surface area contributed by atoms with Crippen LogP contribution in [0.1, 0.15) is 36.5 Å². The number of H-pyrrole nitrogens is 1. The van der Waals surface area contributed by atoms with Crippen LogP contribution in [0.4, 0.5) is 5.82 Å². The number of anilines is 1. The molecule has 1 amide bonds. The number of amides is 1. The highest BCUT2D eigenvalue weighted by Crippen LogP contribution is 2.14. The van der Waals surface area contributed by atoms with Gasteiger partial charge in [-0.1, -0.05) is 6.42 Å². The Balaban J connectivity index is 2.00. The number of aromatic nitrogens is 2. The molecule has 19 heavy (non-hydrogen) atoms. The summed E-state index contributed by atoms with van der Waals surface area (Å²) >= 11 is 0. The molecule has 2 rings (SSSR count). The molecule has 1 fully saturated rings. The minimum Gasteiger partial charge on any atom is -0.462 e. The van der Waals surface area contributed by atoms with Crippen LogP contribution in [0.5, 0.6) is 0 Å². The lowest BCUT2D eigenvalue weighted by molar-refractivity contribution is -0.118. The van der Waals surface area contributed by atoms with Crippen molar-refractivity contribution in [3.8, 4) is 0 Å². The maximum absolute atomic E-state index is 12.0. The number of esters is 1. The fourth-order valence-corrected chi connectivity index (χ4v) is 2.03. The van der Waals surface area contributed by atoms with Crippen molar-refractivity contribution in [3.05, 3.63) is 11.8 Å². The Kier molecular flexibility index (Phi) is 4.51. The van der Waals surface area contributed by atoms with E-state index < -0.39 is 5.97 Å². The van der Waals surface area contributed by atoms with E-state index in [1.165, 1.54) is 6.20 Å². The number of aromatic amines is 1. The first-order chi connectivity index (χ1) is 9.22. The number of hydrogen-bond acceptors (Lipinski definition) is 5. The second-order valence-corrected chi connectivity index (χ2v) is 4.37. The monoisotopic (exact) mass is 266 g/mol. The molecule has 0 radical (unpaired) electrons. The third kappa shape index (κ3) is 3.31. The summed E-state index contributed by atoms with van der Waals surface area (Å²) in [6.07, 6.45) is 4.26. The van der Waals surface area contributed by atoms with Gasteiger partial charge in [-0.05, 0) is 26.3 Å². The van der Waals surface area contributed by atoms with Gasteiger partial charge < -0.3 is 15.4 Å². The van der Waals surface area contributed by atoms with Crippen LogP contribution in [0.15, 0.2) is 6.20 Å². The highest BCUT2D eigenvalue weighted by atomic mass is 16.5. The highest BCUT2D eigenvalue weighted by Gasteiger charge is 2.23. The predicted octanol–water partition coefficient (Wildman–Crippen LogP) is 0.667. The van der Waals surface area contributed by atoms with E-state index in [1.807, 2.05) is 0 Å². The number of nitrogens with one attached hydrogen (secondary N) is 3. The third-order valence-electron chi connectivity index (χ3n) is 3.01. The smallest absolute Gasteiger partial charge is 0.343 e. The summed E-state index contributed by atoms with van der Waals surface area (Å²) in [5, 5.41) is 12.2. The quantitative estimate of drug-likeness (QED) is 0.696. The van der Waals surface area contributed by atoms with Gasteiger partial charge in [0.05, 0.1) is 18.8 Å². The van der Waals surface area contributed by atoms with Crippen molar-refractivity contribution in [1.82, 2.24) is 15.5 Å². The summed E-state index contributed by atoms with van der Waals surface area (Å²) < 4.78 is 4.89. The van der Waals surface area contributed by atoms with Gasteiger partial charge in [0.15, 0.2) is 0 Å². The number of carbonyl (C=O) groups is 2. The summed E-state index contributed by atoms with van der Waals surface area (Å²) in [5.41, 5.74) is 0.242. The minimum absolute atomic E-state index is 0.158. The molecule has 1 aromatic rings. The fourth-order valence-electron chi connectivity index (χ4n) is 2.03. The molecule has 0 spiro atoms. The maximum atomic E-state index is 12.0. The Morgan fingerprint density at radius 3 is 3.05 bits per heavy atom. The van der Waals surface area contributed by atoms with Crippen LogP contribution in [0.25, 0.3) is 0 Å². The molecule has 0 aromatic carbocycles. The molecule has 0 aliphatic carbocycles. The molecule has 2 heterocycles. The first kappa shape index (κ1) is 13.5. The maximum Gasteiger partial charge on any atom is 0.343 e. The molecule has 0 saturated carbocycles. The lowest BCUT2D eigenvalue weighted by atomic mass is 10.0. The van der Waals surface area contributed by atoms with Crippen molar-refractivity contribution in [2.75, 3.05) is 18.5 Å². The van der Waals surface area contributed by atoms with Gasteiger partial charge in [-0.15, -0.1) is 0 Å². The molecule has 1 atom stereocenters. The van der Waals surface area contributed by atoms with Crippen LogP contribution >= 0.6 is 0 Å². The molecule has 3 N–H and O–H groups in total. The lowest BCUT2D eigenvalue weighted by Gasteiger charge is -2.22. The fraction of sp³-hybridized carbons (Fsp3) is 0.583. The van der Waals surface area contributed by atoms with E-state index in [4.69, 9.17) is 4.74 Å². The van der Waals surface area contributed by atoms with Crippen LogP contribution in [0.3, 0.4) is 0 Å². The Bertz CT molecular complexity index is 452. The lowest BCUT2D eigenvalue weighted by Crippen LogP contribution is -2.43. The molecule has 1 aromatic heterocycles. The molecule has 7 nitrogen and oxygen atoms in total. The summed E-state index contributed by atoms with van der Waals surface area (Å²) in [7, 11) is 0. The van der Waals surface area contributed by atoms with Crippen LogP contribution < -0.4 is 10.6 Å². The standard InChI is InChI=1S/C12H18N4O3/c1-2-19-12(18)8-7-14-16-10(8)15-11(17)9-5-3-4-6-13-9/h7,9,13H,2-6H2,1H3,(H2,14,15,16,17). The first-order valence-corrected chi connectivity index (χ1v) is 6.47. The van der Waals surface area contributed by atoms with Crippen molar-refractivity contribution in [3.63, 3.8) is 0 Å². The van der Waals surface area contributed by atoms with Crippen LogP contribution in [-0.4, -0.2) is 41.3 Å². The van der Waals surface area contributed by atoms with Gasteiger partial charge in [-0.25, -0.2) is 4.79 Å². The average Bonchev–Trinajstić information content (AvgIpc) is 2.88. The second kappa shape index (κ2) is 6.33. The summed E-state index contributed by atoms with van der Waals surface area (Å²) in [6, 6.07) is -0.216. The van der Waals surface area contributed by atoms with E-state index >= 15 is 0 Å². The van der Waals surface area contributed by atoms with E-state index in [2.05, 4.69) is 20.8 Å². The Morgan fingerprint density at radius 1 is 1.53 bits per heavy atom. The summed E-state index contributed by atoms with van der Waals surface area (Å²) in [4.78, 5) is 23.7. The average molecular weight is 266 g/mol. The molecular weight excluding hydrogens is 248 g/mol. The number of rotatable bonds is 4. The van der Waals surface area contributed by atoms with Crippen LogP contribution in [-0.2, 0) is 9.53 Å². The van der Waals surface area contributed by atoms with E-state index in [1.54, 1.807) is 6.92 Å². The van der Waals surface area contributed by atoms with Crippen molar-refractivity contribution >= 4 is 17.7 Å². The van der Waals surface area contributed by atoms with Gasteiger partial charge in [-0.2, -0.15) is 5.10 Å². The summed E-state index contributed by atoms with van der Waals surface area (Å²) in [6.45, 7) is 2.84. The SMILES string of the molecule is CCOC(=O)c1cn[nH]c1NC(=O)C1CCCCN1. The van der Waals surface area contributed by atoms with Crippen molar-refractivity contribution in [2.45, 2.75) is 32.2 Å². The third-order valence-corrected chi connectivity index (χ3v) is 3.01. The predicted molar refractivity (Wildman–Crippen MR) is 68.8 cm³/mol. The van der Waals surface area contributed by atoms with Crippen LogP contribution in [0, 0.1) is 0 Å². The Labute approximate surface area is 111 Å². The molecule has 0 bridgehead atoms. The van der Waals surface area contributed by atoms with E-state index in [9.17, 15) is 9.59 Å². The highest BCUT2D eigenvalue weighted by molar-refractivity contribution is 6.01. The topological polar surface area (TPSA) is 96.1 Å². The van der Waals surface area contributed by atoms with Gasteiger partial charge in [0, 0.05) is 0 Å². The summed E-state index contributed by atoms with van der Waals surface area (Å²) in [5.74, 6) is -0.367. The zero-order valence-electron chi connectivity index (χ0n) is 10.9. The molecule has 1 aliphatic heterocycles. The van der Waals surface area contributed by atoms with E-state index in [-0.39, 0.29) is 29.9 Å². The van der Waals surface area contributed by atoms with Gasteiger partial charge in [0.1, 0.15) is 11.4 Å².